The predicted octanol–water partition coefficient (Wildman–Crippen LogP) is 5.35. The van der Waals surface area contributed by atoms with Crippen LogP contribution < -0.4 is 0 Å². The number of hydrogen-bond acceptors (Lipinski definition) is 3. The van der Waals surface area contributed by atoms with Gasteiger partial charge in [-0.2, -0.15) is 0 Å². The molecule has 0 aromatic rings. The van der Waals surface area contributed by atoms with Crippen LogP contribution in [-0.4, -0.2) is 7.11 Å². The maximum absolute atomic E-state index is 10.7. The van der Waals surface area contributed by atoms with Crippen molar-refractivity contribution in [2.24, 2.45) is 0 Å². The lowest BCUT2D eigenvalue weighted by molar-refractivity contribution is 0.326. The van der Waals surface area contributed by atoms with E-state index < -0.39 is 8.25 Å². The Balaban J connectivity index is 3.10. The van der Waals surface area contributed by atoms with Gasteiger partial charge in [-0.15, -0.1) is 4.52 Å². The monoisotopic (exact) mass is 261 g/mol. The van der Waals surface area contributed by atoms with E-state index in [0.29, 0.717) is 0 Å². The zero-order chi connectivity index (χ0) is 12.8. The van der Waals surface area contributed by atoms with E-state index in [1.807, 2.05) is 6.08 Å². The zero-order valence-corrected chi connectivity index (χ0v) is 12.1. The summed E-state index contributed by atoms with van der Waals surface area (Å²) in [6.45, 7) is 2.24. The molecule has 1 unspecified atom stereocenters. The SMILES string of the molecule is CCCCCCCCCCC=CO[P+](=O)OC. The summed E-state index contributed by atoms with van der Waals surface area (Å²) in [5.74, 6) is 0. The van der Waals surface area contributed by atoms with Gasteiger partial charge in [0.1, 0.15) is 6.26 Å². The fourth-order valence-electron chi connectivity index (χ4n) is 1.60. The second-order valence-corrected chi connectivity index (χ2v) is 5.17. The summed E-state index contributed by atoms with van der Waals surface area (Å²) in [6, 6.07) is 0. The Labute approximate surface area is 107 Å². The van der Waals surface area contributed by atoms with Crippen LogP contribution >= 0.6 is 8.25 Å². The first-order chi connectivity index (χ1) is 8.31. The first kappa shape index (κ1) is 16.6. The fourth-order valence-corrected chi connectivity index (χ4v) is 1.87. The maximum atomic E-state index is 10.7. The van der Waals surface area contributed by atoms with E-state index in [1.54, 1.807) is 0 Å². The lowest BCUT2D eigenvalue weighted by Crippen LogP contribution is -1.80. The molecule has 0 aliphatic heterocycles. The molecule has 0 N–H and O–H groups in total. The molecule has 0 spiro atoms. The Hall–Kier alpha value is -0.400. The lowest BCUT2D eigenvalue weighted by atomic mass is 10.1. The van der Waals surface area contributed by atoms with Gasteiger partial charge in [-0.05, 0) is 18.9 Å². The standard InChI is InChI=1S/C13H26O3P/c1-3-4-5-6-7-8-9-10-11-12-13-16-17(14)15-2/h12-13H,3-11H2,1-2H3/q+1. The topological polar surface area (TPSA) is 35.5 Å². The van der Waals surface area contributed by atoms with Gasteiger partial charge >= 0.3 is 8.25 Å². The van der Waals surface area contributed by atoms with Crippen LogP contribution in [0.5, 0.6) is 0 Å². The Morgan fingerprint density at radius 2 is 1.59 bits per heavy atom. The molecule has 0 aliphatic carbocycles. The molecule has 0 saturated carbocycles. The number of unbranched alkanes of at least 4 members (excludes halogenated alkanes) is 8. The van der Waals surface area contributed by atoms with Crippen LogP contribution in [0.4, 0.5) is 0 Å². The molecule has 0 amide bonds. The summed E-state index contributed by atoms with van der Waals surface area (Å²) >= 11 is 0. The van der Waals surface area contributed by atoms with E-state index in [9.17, 15) is 4.57 Å². The minimum atomic E-state index is -1.95. The first-order valence-corrected chi connectivity index (χ1v) is 7.74. The molecular weight excluding hydrogens is 235 g/mol. The van der Waals surface area contributed by atoms with Crippen molar-refractivity contribution >= 4 is 8.25 Å². The summed E-state index contributed by atoms with van der Waals surface area (Å²) in [5.41, 5.74) is 0. The summed E-state index contributed by atoms with van der Waals surface area (Å²) in [5, 5.41) is 0. The molecule has 4 heteroatoms. The van der Waals surface area contributed by atoms with Crippen molar-refractivity contribution in [3.8, 4) is 0 Å². The summed E-state index contributed by atoms with van der Waals surface area (Å²) < 4.78 is 20.0. The van der Waals surface area contributed by atoms with E-state index in [1.165, 1.54) is 64.7 Å². The summed E-state index contributed by atoms with van der Waals surface area (Å²) in [6.07, 6.45) is 14.9. The molecule has 0 fully saturated rings. The highest BCUT2D eigenvalue weighted by atomic mass is 31.1. The van der Waals surface area contributed by atoms with Gasteiger partial charge in [0, 0.05) is 4.57 Å². The van der Waals surface area contributed by atoms with Crippen LogP contribution in [0.2, 0.25) is 0 Å². The van der Waals surface area contributed by atoms with Crippen LogP contribution in [0, 0.1) is 0 Å². The van der Waals surface area contributed by atoms with Crippen LogP contribution in [0.3, 0.4) is 0 Å². The summed E-state index contributed by atoms with van der Waals surface area (Å²) in [4.78, 5) is 0. The highest BCUT2D eigenvalue weighted by Crippen LogP contribution is 2.21. The van der Waals surface area contributed by atoms with Gasteiger partial charge in [0.15, 0.2) is 0 Å². The minimum absolute atomic E-state index is 0.988. The Morgan fingerprint density at radius 1 is 1.00 bits per heavy atom. The fraction of sp³-hybridized carbons (Fsp3) is 0.846. The van der Waals surface area contributed by atoms with Crippen LogP contribution in [-0.2, 0) is 13.6 Å². The van der Waals surface area contributed by atoms with E-state index in [4.69, 9.17) is 4.52 Å². The number of hydrogen-bond donors (Lipinski definition) is 0. The average molecular weight is 261 g/mol. The molecule has 0 rings (SSSR count). The quantitative estimate of drug-likeness (QED) is 0.270. The minimum Gasteiger partial charge on any atom is -0.238 e. The van der Waals surface area contributed by atoms with E-state index >= 15 is 0 Å². The first-order valence-electron chi connectivity index (χ1n) is 6.64. The van der Waals surface area contributed by atoms with Gasteiger partial charge in [-0.1, -0.05) is 51.9 Å². The molecule has 0 heterocycles. The van der Waals surface area contributed by atoms with Crippen molar-refractivity contribution in [2.45, 2.75) is 64.7 Å². The smallest absolute Gasteiger partial charge is 0.238 e. The molecule has 1 atom stereocenters. The molecule has 0 saturated heterocycles. The molecule has 0 bridgehead atoms. The Kier molecular flexibility index (Phi) is 13.3. The average Bonchev–Trinajstić information content (AvgIpc) is 2.35. The van der Waals surface area contributed by atoms with Crippen molar-refractivity contribution in [3.05, 3.63) is 12.3 Å². The maximum Gasteiger partial charge on any atom is 0.749 e. The van der Waals surface area contributed by atoms with Crippen molar-refractivity contribution in [1.29, 1.82) is 0 Å². The van der Waals surface area contributed by atoms with Gasteiger partial charge < -0.3 is 0 Å². The number of rotatable bonds is 12. The summed E-state index contributed by atoms with van der Waals surface area (Å²) in [7, 11) is -0.585. The second-order valence-electron chi connectivity index (χ2n) is 4.15. The van der Waals surface area contributed by atoms with Crippen molar-refractivity contribution < 1.29 is 13.6 Å². The lowest BCUT2D eigenvalue weighted by Gasteiger charge is -1.99. The van der Waals surface area contributed by atoms with E-state index in [-0.39, 0.29) is 0 Å². The highest BCUT2D eigenvalue weighted by molar-refractivity contribution is 7.33. The zero-order valence-electron chi connectivity index (χ0n) is 11.2. The molecule has 3 nitrogen and oxygen atoms in total. The second kappa shape index (κ2) is 13.7. The van der Waals surface area contributed by atoms with Crippen molar-refractivity contribution in [1.82, 2.24) is 0 Å². The molecular formula is C13H26O3P+. The normalized spacial score (nSPS) is 12.0. The van der Waals surface area contributed by atoms with Gasteiger partial charge in [0.05, 0.1) is 7.11 Å². The third-order valence-electron chi connectivity index (χ3n) is 2.62. The van der Waals surface area contributed by atoms with Crippen molar-refractivity contribution in [3.63, 3.8) is 0 Å². The molecule has 0 radical (unpaired) electrons. The largest absolute Gasteiger partial charge is 0.749 e. The van der Waals surface area contributed by atoms with Gasteiger partial charge in [-0.25, -0.2) is 4.52 Å². The number of allylic oxidation sites excluding steroid dienone is 1. The Bertz CT molecular complexity index is 205. The molecule has 100 valence electrons. The van der Waals surface area contributed by atoms with Crippen molar-refractivity contribution in [2.75, 3.05) is 7.11 Å². The molecule has 17 heavy (non-hydrogen) atoms. The van der Waals surface area contributed by atoms with E-state index in [0.717, 1.165) is 6.42 Å². The molecule has 0 aliphatic rings. The van der Waals surface area contributed by atoms with Crippen LogP contribution in [0.1, 0.15) is 64.7 Å². The van der Waals surface area contributed by atoms with E-state index in [2.05, 4.69) is 11.4 Å². The third-order valence-corrected chi connectivity index (χ3v) is 3.21. The predicted molar refractivity (Wildman–Crippen MR) is 72.1 cm³/mol. The Morgan fingerprint density at radius 3 is 2.18 bits per heavy atom. The van der Waals surface area contributed by atoms with Gasteiger partial charge in [0.2, 0.25) is 0 Å². The van der Waals surface area contributed by atoms with Gasteiger partial charge in [-0.3, -0.25) is 0 Å². The van der Waals surface area contributed by atoms with Crippen LogP contribution in [0.25, 0.3) is 0 Å². The molecule has 0 aromatic carbocycles. The highest BCUT2D eigenvalue weighted by Gasteiger charge is 2.13. The van der Waals surface area contributed by atoms with Gasteiger partial charge in [0.25, 0.3) is 0 Å². The van der Waals surface area contributed by atoms with Crippen LogP contribution in [0.15, 0.2) is 12.3 Å². The third kappa shape index (κ3) is 13.5. The molecule has 0 aromatic heterocycles.